The van der Waals surface area contributed by atoms with Crippen LogP contribution in [-0.2, 0) is 10.0 Å². The molecule has 3 rings (SSSR count). The minimum absolute atomic E-state index is 0.0283. The minimum atomic E-state index is -3.61. The van der Waals surface area contributed by atoms with Crippen LogP contribution in [0.25, 0.3) is 0 Å². The third kappa shape index (κ3) is 5.16. The maximum Gasteiger partial charge on any atom is 0.255 e. The van der Waals surface area contributed by atoms with Crippen LogP contribution >= 0.6 is 0 Å². The van der Waals surface area contributed by atoms with E-state index in [0.29, 0.717) is 35.7 Å². The summed E-state index contributed by atoms with van der Waals surface area (Å²) in [6, 6.07) is 11.9. The molecule has 6 nitrogen and oxygen atoms in total. The van der Waals surface area contributed by atoms with Gasteiger partial charge in [0, 0.05) is 30.4 Å². The zero-order valence-electron chi connectivity index (χ0n) is 17.1. The number of carbonyl (C=O) groups excluding carboxylic acids is 1. The fraction of sp³-hybridized carbons (Fsp3) is 0.409. The molecule has 7 heteroatoms. The molecular weight excluding hydrogens is 388 g/mol. The Bertz CT molecular complexity index is 980. The van der Waals surface area contributed by atoms with E-state index in [2.05, 4.69) is 5.32 Å². The van der Waals surface area contributed by atoms with Crippen molar-refractivity contribution in [3.8, 4) is 5.75 Å². The quantitative estimate of drug-likeness (QED) is 0.765. The molecule has 1 amide bonds. The monoisotopic (exact) mass is 416 g/mol. The fourth-order valence-corrected chi connectivity index (χ4v) is 5.15. The number of carbonyl (C=O) groups is 1. The smallest absolute Gasteiger partial charge is 0.255 e. The predicted molar refractivity (Wildman–Crippen MR) is 114 cm³/mol. The molecule has 2 aromatic carbocycles. The van der Waals surface area contributed by atoms with Crippen LogP contribution in [0.15, 0.2) is 47.4 Å². The molecule has 0 bridgehead atoms. The second-order valence-corrected chi connectivity index (χ2v) is 9.50. The average molecular weight is 417 g/mol. The summed E-state index contributed by atoms with van der Waals surface area (Å²) in [6.07, 6.45) is 2.81. The molecule has 1 saturated heterocycles. The number of amides is 1. The van der Waals surface area contributed by atoms with E-state index in [4.69, 9.17) is 4.74 Å². The van der Waals surface area contributed by atoms with Crippen LogP contribution in [0.1, 0.15) is 49.0 Å². The summed E-state index contributed by atoms with van der Waals surface area (Å²) in [5.41, 5.74) is 1.54. The lowest BCUT2D eigenvalue weighted by atomic mass is 10.1. The van der Waals surface area contributed by atoms with Crippen LogP contribution in [0.4, 0.5) is 5.69 Å². The summed E-state index contributed by atoms with van der Waals surface area (Å²) >= 11 is 0. The zero-order chi connectivity index (χ0) is 21.0. The lowest BCUT2D eigenvalue weighted by Gasteiger charge is -2.26. The third-order valence-corrected chi connectivity index (χ3v) is 6.89. The minimum Gasteiger partial charge on any atom is -0.491 e. The summed E-state index contributed by atoms with van der Waals surface area (Å²) in [6.45, 7) is 6.68. The molecular formula is C22H28N2O4S. The van der Waals surface area contributed by atoms with Gasteiger partial charge < -0.3 is 10.1 Å². The SMILES string of the molecule is Cc1ccc(C(=O)Nc2cccc(OC(C)C)c2)cc1S(=O)(=O)N1CCCCC1. The first-order valence-electron chi connectivity index (χ1n) is 9.96. The highest BCUT2D eigenvalue weighted by molar-refractivity contribution is 7.89. The summed E-state index contributed by atoms with van der Waals surface area (Å²) in [5.74, 6) is 0.303. The Balaban J connectivity index is 1.83. The van der Waals surface area contributed by atoms with Crippen LogP contribution in [0.2, 0.25) is 0 Å². The lowest BCUT2D eigenvalue weighted by molar-refractivity contribution is 0.102. The highest BCUT2D eigenvalue weighted by Gasteiger charge is 2.28. The number of hydrogen-bond donors (Lipinski definition) is 1. The number of aryl methyl sites for hydroxylation is 1. The molecule has 0 unspecified atom stereocenters. The molecule has 0 atom stereocenters. The van der Waals surface area contributed by atoms with E-state index >= 15 is 0 Å². The van der Waals surface area contributed by atoms with E-state index in [1.54, 1.807) is 37.3 Å². The van der Waals surface area contributed by atoms with Crippen LogP contribution in [0, 0.1) is 6.92 Å². The van der Waals surface area contributed by atoms with Crippen molar-refractivity contribution >= 4 is 21.6 Å². The third-order valence-electron chi connectivity index (χ3n) is 4.85. The molecule has 1 heterocycles. The number of rotatable bonds is 6. The Kier molecular flexibility index (Phi) is 6.59. The Hall–Kier alpha value is -2.38. The maximum absolute atomic E-state index is 13.1. The van der Waals surface area contributed by atoms with Gasteiger partial charge in [0.25, 0.3) is 5.91 Å². The number of ether oxygens (including phenoxy) is 1. The molecule has 0 aromatic heterocycles. The molecule has 0 saturated carbocycles. The van der Waals surface area contributed by atoms with Crippen molar-refractivity contribution in [3.05, 3.63) is 53.6 Å². The number of nitrogens with one attached hydrogen (secondary N) is 1. The maximum atomic E-state index is 13.1. The van der Waals surface area contributed by atoms with Gasteiger partial charge in [0.1, 0.15) is 5.75 Å². The number of hydrogen-bond acceptors (Lipinski definition) is 4. The Morgan fingerprint density at radius 1 is 1.07 bits per heavy atom. The lowest BCUT2D eigenvalue weighted by Crippen LogP contribution is -2.36. The van der Waals surface area contributed by atoms with Crippen molar-refractivity contribution in [2.24, 2.45) is 0 Å². The molecule has 29 heavy (non-hydrogen) atoms. The van der Waals surface area contributed by atoms with Gasteiger partial charge in [-0.1, -0.05) is 18.6 Å². The topological polar surface area (TPSA) is 75.7 Å². The van der Waals surface area contributed by atoms with Gasteiger partial charge in [-0.3, -0.25) is 4.79 Å². The van der Waals surface area contributed by atoms with Crippen molar-refractivity contribution < 1.29 is 17.9 Å². The van der Waals surface area contributed by atoms with Crippen LogP contribution < -0.4 is 10.1 Å². The molecule has 0 aliphatic carbocycles. The summed E-state index contributed by atoms with van der Waals surface area (Å²) in [5, 5.41) is 2.82. The highest BCUT2D eigenvalue weighted by Crippen LogP contribution is 2.25. The predicted octanol–water partition coefficient (Wildman–Crippen LogP) is 4.21. The van der Waals surface area contributed by atoms with E-state index in [0.717, 1.165) is 19.3 Å². The van der Waals surface area contributed by atoms with Gasteiger partial charge in [-0.05, 0) is 63.4 Å². The van der Waals surface area contributed by atoms with E-state index in [-0.39, 0.29) is 16.9 Å². The Labute approximate surface area is 172 Å². The van der Waals surface area contributed by atoms with Gasteiger partial charge in [0.15, 0.2) is 0 Å². The first-order chi connectivity index (χ1) is 13.8. The van der Waals surface area contributed by atoms with E-state index in [1.165, 1.54) is 10.4 Å². The number of anilines is 1. The van der Waals surface area contributed by atoms with E-state index < -0.39 is 10.0 Å². The molecule has 156 valence electrons. The zero-order valence-corrected chi connectivity index (χ0v) is 18.0. The van der Waals surface area contributed by atoms with Crippen molar-refractivity contribution in [1.29, 1.82) is 0 Å². The van der Waals surface area contributed by atoms with Gasteiger partial charge in [0.05, 0.1) is 11.0 Å². The van der Waals surface area contributed by atoms with E-state index in [9.17, 15) is 13.2 Å². The van der Waals surface area contributed by atoms with Crippen molar-refractivity contribution in [2.45, 2.75) is 51.0 Å². The Morgan fingerprint density at radius 2 is 1.79 bits per heavy atom. The molecule has 1 aliphatic heterocycles. The van der Waals surface area contributed by atoms with Crippen molar-refractivity contribution in [2.75, 3.05) is 18.4 Å². The van der Waals surface area contributed by atoms with Crippen LogP contribution in [0.5, 0.6) is 5.75 Å². The first-order valence-corrected chi connectivity index (χ1v) is 11.4. The van der Waals surface area contributed by atoms with Crippen molar-refractivity contribution in [3.63, 3.8) is 0 Å². The normalized spacial score (nSPS) is 15.3. The van der Waals surface area contributed by atoms with Crippen molar-refractivity contribution in [1.82, 2.24) is 4.31 Å². The molecule has 0 radical (unpaired) electrons. The van der Waals surface area contributed by atoms with Crippen LogP contribution in [0.3, 0.4) is 0 Å². The van der Waals surface area contributed by atoms with Gasteiger partial charge >= 0.3 is 0 Å². The number of benzene rings is 2. The summed E-state index contributed by atoms with van der Waals surface area (Å²) in [7, 11) is -3.61. The first kappa shape index (κ1) is 21.3. The summed E-state index contributed by atoms with van der Waals surface area (Å²) < 4.78 is 33.3. The summed E-state index contributed by atoms with van der Waals surface area (Å²) in [4.78, 5) is 13.0. The fourth-order valence-electron chi connectivity index (χ4n) is 3.39. The van der Waals surface area contributed by atoms with E-state index in [1.807, 2.05) is 19.9 Å². The molecule has 1 aliphatic rings. The number of piperidine rings is 1. The van der Waals surface area contributed by atoms with Gasteiger partial charge in [-0.25, -0.2) is 8.42 Å². The molecule has 1 N–H and O–H groups in total. The molecule has 0 spiro atoms. The second-order valence-electron chi connectivity index (χ2n) is 7.59. The Morgan fingerprint density at radius 3 is 2.48 bits per heavy atom. The highest BCUT2D eigenvalue weighted by atomic mass is 32.2. The average Bonchev–Trinajstić information content (AvgIpc) is 2.68. The number of nitrogens with zero attached hydrogens (tertiary/aromatic N) is 1. The van der Waals surface area contributed by atoms with Gasteiger partial charge in [0.2, 0.25) is 10.0 Å². The molecule has 1 fully saturated rings. The van der Waals surface area contributed by atoms with Gasteiger partial charge in [-0.2, -0.15) is 4.31 Å². The molecule has 2 aromatic rings. The van der Waals surface area contributed by atoms with Gasteiger partial charge in [-0.15, -0.1) is 0 Å². The number of sulfonamides is 1. The van der Waals surface area contributed by atoms with Crippen LogP contribution in [-0.4, -0.2) is 37.8 Å². The largest absolute Gasteiger partial charge is 0.491 e. The second kappa shape index (κ2) is 8.97. The standard InChI is InChI=1S/C22H28N2O4S/c1-16(2)28-20-9-7-8-19(15-20)23-22(25)18-11-10-17(3)21(14-18)29(26,27)24-12-5-4-6-13-24/h7-11,14-16H,4-6,12-13H2,1-3H3,(H,23,25).